The van der Waals surface area contributed by atoms with Crippen LogP contribution < -0.4 is 10.2 Å². The highest BCUT2D eigenvalue weighted by Crippen LogP contribution is 2.42. The summed E-state index contributed by atoms with van der Waals surface area (Å²) in [6, 6.07) is 2.06. The van der Waals surface area contributed by atoms with Crippen LogP contribution in [0.2, 0.25) is 0 Å². The van der Waals surface area contributed by atoms with Gasteiger partial charge in [0.05, 0.1) is 19.3 Å². The Bertz CT molecular complexity index is 595. The largest absolute Gasteiger partial charge is 0.379 e. The van der Waals surface area contributed by atoms with Crippen LogP contribution in [0.15, 0.2) is 18.5 Å². The van der Waals surface area contributed by atoms with Gasteiger partial charge in [0.2, 0.25) is 11.9 Å². The van der Waals surface area contributed by atoms with Gasteiger partial charge < -0.3 is 15.0 Å². The Morgan fingerprint density at radius 3 is 2.63 bits per heavy atom. The maximum absolute atomic E-state index is 12.5. The Kier molecular flexibility index (Phi) is 7.26. The number of nitrogens with one attached hydrogen (secondary N) is 1. The highest BCUT2D eigenvalue weighted by molar-refractivity contribution is 5.85. The molecule has 1 saturated carbocycles. The topological polar surface area (TPSA) is 70.6 Å². The van der Waals surface area contributed by atoms with Crippen LogP contribution in [0, 0.1) is 11.8 Å². The van der Waals surface area contributed by atoms with E-state index in [1.54, 1.807) is 12.4 Å². The molecule has 3 aliphatic rings. The van der Waals surface area contributed by atoms with Crippen molar-refractivity contribution in [3.8, 4) is 0 Å². The van der Waals surface area contributed by atoms with E-state index in [0.717, 1.165) is 64.2 Å². The number of carbonyl (C=O) groups excluding carboxylic acids is 1. The SMILES string of the molecule is Cl.O=C(CCCN1CCOCC1)N[C@H]1CN(c2ncccn2)C[C@@H]1C1CC1. The summed E-state index contributed by atoms with van der Waals surface area (Å²) in [5, 5.41) is 3.31. The Morgan fingerprint density at radius 1 is 1.19 bits per heavy atom. The number of aromatic nitrogens is 2. The zero-order valence-corrected chi connectivity index (χ0v) is 16.6. The first kappa shape index (κ1) is 20.3. The van der Waals surface area contributed by atoms with Crippen LogP contribution in [-0.4, -0.2) is 72.8 Å². The summed E-state index contributed by atoms with van der Waals surface area (Å²) in [5.74, 6) is 2.25. The number of amides is 1. The molecule has 0 spiro atoms. The van der Waals surface area contributed by atoms with E-state index in [1.807, 2.05) is 6.07 Å². The standard InChI is InChI=1S/C19H29N5O2.ClH/c25-18(3-1-8-23-9-11-26-12-10-23)22-17-14-24(13-16(17)15-4-5-15)19-20-6-2-7-21-19;/h2,6-7,15-17H,1,3-5,8-14H2,(H,22,25);1H/t16-,17+;/m1./s1. The van der Waals surface area contributed by atoms with E-state index in [9.17, 15) is 4.79 Å². The van der Waals surface area contributed by atoms with Crippen molar-refractivity contribution in [3.63, 3.8) is 0 Å². The van der Waals surface area contributed by atoms with E-state index in [4.69, 9.17) is 4.74 Å². The molecule has 8 heteroatoms. The first-order chi connectivity index (χ1) is 12.8. The Hall–Kier alpha value is -1.44. The summed E-state index contributed by atoms with van der Waals surface area (Å²) >= 11 is 0. The fourth-order valence-corrected chi connectivity index (χ4v) is 4.17. The quantitative estimate of drug-likeness (QED) is 0.751. The van der Waals surface area contributed by atoms with Crippen LogP contribution in [0.25, 0.3) is 0 Å². The average molecular weight is 396 g/mol. The number of hydrogen-bond acceptors (Lipinski definition) is 6. The second-order valence-corrected chi connectivity index (χ2v) is 7.69. The second kappa shape index (κ2) is 9.66. The van der Waals surface area contributed by atoms with E-state index in [2.05, 4.69) is 25.1 Å². The monoisotopic (exact) mass is 395 g/mol. The molecule has 0 unspecified atom stereocenters. The summed E-state index contributed by atoms with van der Waals surface area (Å²) in [5.41, 5.74) is 0. The number of nitrogens with zero attached hydrogens (tertiary/aromatic N) is 4. The molecule has 0 radical (unpaired) electrons. The molecule has 2 aliphatic heterocycles. The van der Waals surface area contributed by atoms with Gasteiger partial charge in [0.25, 0.3) is 0 Å². The number of halogens is 1. The maximum atomic E-state index is 12.5. The molecular weight excluding hydrogens is 366 g/mol. The molecule has 0 bridgehead atoms. The average Bonchev–Trinajstić information content (AvgIpc) is 3.44. The van der Waals surface area contributed by atoms with Gasteiger partial charge in [0, 0.05) is 50.9 Å². The van der Waals surface area contributed by atoms with Crippen molar-refractivity contribution >= 4 is 24.3 Å². The molecule has 1 amide bonds. The molecule has 2 saturated heterocycles. The lowest BCUT2D eigenvalue weighted by Gasteiger charge is -2.26. The second-order valence-electron chi connectivity index (χ2n) is 7.69. The van der Waals surface area contributed by atoms with E-state index < -0.39 is 0 Å². The molecule has 0 aromatic carbocycles. The van der Waals surface area contributed by atoms with Crippen LogP contribution in [-0.2, 0) is 9.53 Å². The van der Waals surface area contributed by atoms with E-state index in [1.165, 1.54) is 12.8 Å². The van der Waals surface area contributed by atoms with Gasteiger partial charge in [-0.15, -0.1) is 12.4 Å². The highest BCUT2D eigenvalue weighted by Gasteiger charge is 2.43. The van der Waals surface area contributed by atoms with Crippen molar-refractivity contribution < 1.29 is 9.53 Å². The number of carbonyl (C=O) groups is 1. The summed E-state index contributed by atoms with van der Waals surface area (Å²) in [6.07, 6.45) is 7.67. The van der Waals surface area contributed by atoms with Crippen molar-refractivity contribution in [2.75, 3.05) is 50.8 Å². The molecule has 7 nitrogen and oxygen atoms in total. The van der Waals surface area contributed by atoms with Crippen LogP contribution in [0.1, 0.15) is 25.7 Å². The molecule has 3 heterocycles. The van der Waals surface area contributed by atoms with Crippen molar-refractivity contribution in [1.29, 1.82) is 0 Å². The van der Waals surface area contributed by atoms with E-state index in [0.29, 0.717) is 12.3 Å². The summed E-state index contributed by atoms with van der Waals surface area (Å²) in [7, 11) is 0. The normalized spacial score (nSPS) is 25.9. The predicted octanol–water partition coefficient (Wildman–Crippen LogP) is 1.34. The van der Waals surface area contributed by atoms with Gasteiger partial charge in [0.1, 0.15) is 0 Å². The van der Waals surface area contributed by atoms with Crippen molar-refractivity contribution in [2.45, 2.75) is 31.7 Å². The van der Waals surface area contributed by atoms with E-state index in [-0.39, 0.29) is 24.4 Å². The fraction of sp³-hybridized carbons (Fsp3) is 0.737. The first-order valence-electron chi connectivity index (χ1n) is 9.91. The lowest BCUT2D eigenvalue weighted by molar-refractivity contribution is -0.122. The summed E-state index contributed by atoms with van der Waals surface area (Å²) < 4.78 is 5.37. The maximum Gasteiger partial charge on any atom is 0.225 e. The third-order valence-corrected chi connectivity index (χ3v) is 5.76. The number of hydrogen-bond donors (Lipinski definition) is 1. The Morgan fingerprint density at radius 2 is 1.93 bits per heavy atom. The molecule has 27 heavy (non-hydrogen) atoms. The minimum Gasteiger partial charge on any atom is -0.379 e. The molecule has 1 aromatic rings. The van der Waals surface area contributed by atoms with Crippen LogP contribution in [0.5, 0.6) is 0 Å². The van der Waals surface area contributed by atoms with Gasteiger partial charge in [-0.1, -0.05) is 0 Å². The van der Waals surface area contributed by atoms with Gasteiger partial charge in [-0.05, 0) is 37.8 Å². The number of ether oxygens (including phenoxy) is 1. The van der Waals surface area contributed by atoms with Crippen LogP contribution >= 0.6 is 12.4 Å². The zero-order chi connectivity index (χ0) is 17.8. The number of rotatable bonds is 7. The molecule has 4 rings (SSSR count). The number of anilines is 1. The summed E-state index contributed by atoms with van der Waals surface area (Å²) in [4.78, 5) is 25.8. The van der Waals surface area contributed by atoms with Crippen molar-refractivity contribution in [2.24, 2.45) is 11.8 Å². The van der Waals surface area contributed by atoms with Gasteiger partial charge in [-0.2, -0.15) is 0 Å². The minimum absolute atomic E-state index is 0. The van der Waals surface area contributed by atoms with Gasteiger partial charge in [0.15, 0.2) is 0 Å². The smallest absolute Gasteiger partial charge is 0.225 e. The molecule has 1 aliphatic carbocycles. The summed E-state index contributed by atoms with van der Waals surface area (Å²) in [6.45, 7) is 6.36. The molecule has 1 N–H and O–H groups in total. The first-order valence-corrected chi connectivity index (χ1v) is 9.91. The third-order valence-electron chi connectivity index (χ3n) is 5.76. The minimum atomic E-state index is 0. The van der Waals surface area contributed by atoms with Crippen molar-refractivity contribution in [1.82, 2.24) is 20.2 Å². The van der Waals surface area contributed by atoms with Gasteiger partial charge in [-0.3, -0.25) is 9.69 Å². The number of morpholine rings is 1. The Labute approximate surface area is 167 Å². The molecular formula is C19H30ClN5O2. The van der Waals surface area contributed by atoms with Gasteiger partial charge >= 0.3 is 0 Å². The zero-order valence-electron chi connectivity index (χ0n) is 15.8. The molecule has 3 fully saturated rings. The Balaban J connectivity index is 0.00000210. The molecule has 150 valence electrons. The molecule has 2 atom stereocenters. The predicted molar refractivity (Wildman–Crippen MR) is 106 cm³/mol. The lowest BCUT2D eigenvalue weighted by atomic mass is 9.98. The highest BCUT2D eigenvalue weighted by atomic mass is 35.5. The fourth-order valence-electron chi connectivity index (χ4n) is 4.17. The van der Waals surface area contributed by atoms with Gasteiger partial charge in [-0.25, -0.2) is 9.97 Å². The van der Waals surface area contributed by atoms with E-state index >= 15 is 0 Å². The van der Waals surface area contributed by atoms with Crippen molar-refractivity contribution in [3.05, 3.63) is 18.5 Å². The van der Waals surface area contributed by atoms with Crippen LogP contribution in [0.3, 0.4) is 0 Å². The lowest BCUT2D eigenvalue weighted by Crippen LogP contribution is -2.42. The van der Waals surface area contributed by atoms with Crippen LogP contribution in [0.4, 0.5) is 5.95 Å². The third kappa shape index (κ3) is 5.53. The molecule has 1 aromatic heterocycles.